The van der Waals surface area contributed by atoms with E-state index in [-0.39, 0.29) is 5.41 Å². The summed E-state index contributed by atoms with van der Waals surface area (Å²) in [5, 5.41) is 1.11. The van der Waals surface area contributed by atoms with Gasteiger partial charge in [-0.2, -0.15) is 0 Å². The van der Waals surface area contributed by atoms with Gasteiger partial charge in [-0.15, -0.1) is 11.3 Å². The smallest absolute Gasteiger partial charge is 0.115 e. The minimum Gasteiger partial charge on any atom is -0.399 e. The van der Waals surface area contributed by atoms with E-state index in [1.54, 1.807) is 11.3 Å². The first-order valence-corrected chi connectivity index (χ1v) is 7.84. The summed E-state index contributed by atoms with van der Waals surface area (Å²) in [5.74, 6) is 1.07. The Morgan fingerprint density at radius 1 is 1.29 bits per heavy atom. The van der Waals surface area contributed by atoms with Gasteiger partial charge in [0.05, 0.1) is 17.6 Å². The second kappa shape index (κ2) is 4.84. The molecule has 2 heterocycles. The van der Waals surface area contributed by atoms with E-state index in [9.17, 15) is 0 Å². The Hall–Kier alpha value is -1.88. The number of nitrogen functional groups attached to an aromatic ring is 1. The molecule has 0 amide bonds. The number of fused-ring (bicyclic) bond motifs is 1. The highest BCUT2D eigenvalue weighted by atomic mass is 32.1. The van der Waals surface area contributed by atoms with Crippen LogP contribution >= 0.6 is 11.3 Å². The van der Waals surface area contributed by atoms with E-state index < -0.39 is 0 Å². The Kier molecular flexibility index (Phi) is 3.24. The number of hydrogen-bond donors (Lipinski definition) is 1. The second-order valence-corrected chi connectivity index (χ2v) is 7.70. The minimum atomic E-state index is -0.0277. The Labute approximate surface area is 128 Å². The molecule has 0 saturated heterocycles. The van der Waals surface area contributed by atoms with Gasteiger partial charge < -0.3 is 10.3 Å². The van der Waals surface area contributed by atoms with E-state index in [1.165, 1.54) is 4.88 Å². The van der Waals surface area contributed by atoms with Crippen molar-refractivity contribution in [3.8, 4) is 0 Å². The average Bonchev–Trinajstić information content (AvgIpc) is 2.93. The third kappa shape index (κ3) is 2.65. The van der Waals surface area contributed by atoms with Crippen LogP contribution in [0, 0.1) is 6.92 Å². The van der Waals surface area contributed by atoms with Crippen molar-refractivity contribution in [1.82, 2.24) is 14.5 Å². The third-order valence-electron chi connectivity index (χ3n) is 3.41. The van der Waals surface area contributed by atoms with Crippen LogP contribution in [-0.4, -0.2) is 14.5 Å². The molecule has 0 unspecified atom stereocenters. The molecule has 0 atom stereocenters. The van der Waals surface area contributed by atoms with Crippen LogP contribution in [0.3, 0.4) is 0 Å². The molecule has 110 valence electrons. The van der Waals surface area contributed by atoms with Crippen LogP contribution in [-0.2, 0) is 12.0 Å². The number of thiazole rings is 1. The Bertz CT molecular complexity index is 792. The molecule has 21 heavy (non-hydrogen) atoms. The van der Waals surface area contributed by atoms with Gasteiger partial charge in [0.15, 0.2) is 0 Å². The predicted molar refractivity (Wildman–Crippen MR) is 88.8 cm³/mol. The van der Waals surface area contributed by atoms with Gasteiger partial charge in [0.1, 0.15) is 10.8 Å². The molecule has 4 nitrogen and oxygen atoms in total. The molecule has 0 fully saturated rings. The van der Waals surface area contributed by atoms with Crippen molar-refractivity contribution in [3.05, 3.63) is 40.1 Å². The molecule has 0 saturated carbocycles. The van der Waals surface area contributed by atoms with Crippen molar-refractivity contribution in [1.29, 1.82) is 0 Å². The van der Waals surface area contributed by atoms with E-state index in [2.05, 4.69) is 37.2 Å². The molecule has 2 N–H and O–H groups in total. The lowest BCUT2D eigenvalue weighted by Crippen LogP contribution is -2.19. The van der Waals surface area contributed by atoms with Gasteiger partial charge in [0, 0.05) is 22.2 Å². The fourth-order valence-electron chi connectivity index (χ4n) is 2.49. The summed E-state index contributed by atoms with van der Waals surface area (Å²) in [7, 11) is 0. The van der Waals surface area contributed by atoms with E-state index >= 15 is 0 Å². The Morgan fingerprint density at radius 3 is 2.67 bits per heavy atom. The third-order valence-corrected chi connectivity index (χ3v) is 4.30. The summed E-state index contributed by atoms with van der Waals surface area (Å²) in [5.41, 5.74) is 8.67. The lowest BCUT2D eigenvalue weighted by molar-refractivity contribution is 0.516. The minimum absolute atomic E-state index is 0.0277. The molecule has 0 spiro atoms. The highest BCUT2D eigenvalue weighted by Crippen LogP contribution is 2.28. The first-order chi connectivity index (χ1) is 9.84. The predicted octanol–water partition coefficient (Wildman–Crippen LogP) is 3.73. The lowest BCUT2D eigenvalue weighted by Gasteiger charge is -2.19. The van der Waals surface area contributed by atoms with Crippen LogP contribution in [0.15, 0.2) is 24.4 Å². The van der Waals surface area contributed by atoms with Gasteiger partial charge in [-0.3, -0.25) is 0 Å². The number of hydrogen-bond acceptors (Lipinski definition) is 4. The van der Waals surface area contributed by atoms with Gasteiger partial charge in [-0.1, -0.05) is 20.8 Å². The van der Waals surface area contributed by atoms with E-state index in [1.807, 2.05) is 24.4 Å². The number of benzene rings is 1. The maximum atomic E-state index is 5.89. The van der Waals surface area contributed by atoms with Crippen molar-refractivity contribution >= 4 is 28.1 Å². The van der Waals surface area contributed by atoms with Crippen molar-refractivity contribution in [2.45, 2.75) is 39.7 Å². The maximum Gasteiger partial charge on any atom is 0.115 e. The summed E-state index contributed by atoms with van der Waals surface area (Å²) < 4.78 is 2.26. The SMILES string of the molecule is Cc1cnc(Cn2c(C(C)(C)C)nc3cc(N)ccc32)s1. The van der Waals surface area contributed by atoms with Crippen LogP contribution in [0.2, 0.25) is 0 Å². The number of nitrogens with zero attached hydrogens (tertiary/aromatic N) is 3. The van der Waals surface area contributed by atoms with Gasteiger partial charge >= 0.3 is 0 Å². The van der Waals surface area contributed by atoms with E-state index in [0.29, 0.717) is 0 Å². The van der Waals surface area contributed by atoms with Crippen LogP contribution in [0.4, 0.5) is 5.69 Å². The van der Waals surface area contributed by atoms with Crippen LogP contribution in [0.5, 0.6) is 0 Å². The molecular formula is C16H20N4S. The largest absolute Gasteiger partial charge is 0.399 e. The Balaban J connectivity index is 2.17. The zero-order chi connectivity index (χ0) is 15.2. The molecule has 3 aromatic rings. The molecule has 0 aliphatic carbocycles. The van der Waals surface area contributed by atoms with Crippen molar-refractivity contribution in [2.75, 3.05) is 5.73 Å². The fraction of sp³-hybridized carbons (Fsp3) is 0.375. The van der Waals surface area contributed by atoms with Crippen molar-refractivity contribution in [2.24, 2.45) is 0 Å². The zero-order valence-corrected chi connectivity index (χ0v) is 13.7. The van der Waals surface area contributed by atoms with Crippen LogP contribution in [0.1, 0.15) is 36.5 Å². The standard InChI is InChI=1S/C16H20N4S/c1-10-8-18-14(21-10)9-20-13-6-5-11(17)7-12(13)19-15(20)16(2,3)4/h5-8H,9,17H2,1-4H3. The van der Waals surface area contributed by atoms with Crippen LogP contribution < -0.4 is 5.73 Å². The normalized spacial score (nSPS) is 12.2. The van der Waals surface area contributed by atoms with Gasteiger partial charge in [-0.25, -0.2) is 9.97 Å². The number of aromatic nitrogens is 3. The highest BCUT2D eigenvalue weighted by Gasteiger charge is 2.23. The number of imidazole rings is 1. The van der Waals surface area contributed by atoms with Gasteiger partial charge in [0.2, 0.25) is 0 Å². The summed E-state index contributed by atoms with van der Waals surface area (Å²) in [6.45, 7) is 9.38. The lowest BCUT2D eigenvalue weighted by atomic mass is 9.95. The molecule has 5 heteroatoms. The summed E-state index contributed by atoms with van der Waals surface area (Å²) in [4.78, 5) is 10.5. The summed E-state index contributed by atoms with van der Waals surface area (Å²) >= 11 is 1.73. The Morgan fingerprint density at radius 2 is 2.05 bits per heavy atom. The average molecular weight is 300 g/mol. The molecule has 0 radical (unpaired) electrons. The molecule has 0 aliphatic heterocycles. The van der Waals surface area contributed by atoms with E-state index in [4.69, 9.17) is 10.7 Å². The fourth-order valence-corrected chi connectivity index (χ4v) is 3.27. The van der Waals surface area contributed by atoms with E-state index in [0.717, 1.165) is 34.1 Å². The summed E-state index contributed by atoms with van der Waals surface area (Å²) in [6, 6.07) is 5.92. The zero-order valence-electron chi connectivity index (χ0n) is 12.8. The number of rotatable bonds is 2. The quantitative estimate of drug-likeness (QED) is 0.734. The highest BCUT2D eigenvalue weighted by molar-refractivity contribution is 7.11. The van der Waals surface area contributed by atoms with Gasteiger partial charge in [0.25, 0.3) is 0 Å². The summed E-state index contributed by atoms with van der Waals surface area (Å²) in [6.07, 6.45) is 1.92. The van der Waals surface area contributed by atoms with Crippen molar-refractivity contribution < 1.29 is 0 Å². The second-order valence-electron chi connectivity index (χ2n) is 6.38. The topological polar surface area (TPSA) is 56.7 Å². The molecule has 0 aliphatic rings. The first kappa shape index (κ1) is 14.1. The number of nitrogens with two attached hydrogens (primary N) is 1. The molecule has 0 bridgehead atoms. The molecular weight excluding hydrogens is 280 g/mol. The monoisotopic (exact) mass is 300 g/mol. The van der Waals surface area contributed by atoms with Crippen LogP contribution in [0.25, 0.3) is 11.0 Å². The van der Waals surface area contributed by atoms with Crippen molar-refractivity contribution in [3.63, 3.8) is 0 Å². The first-order valence-electron chi connectivity index (χ1n) is 7.02. The number of aryl methyl sites for hydroxylation is 1. The molecule has 1 aromatic carbocycles. The molecule has 3 rings (SSSR count). The van der Waals surface area contributed by atoms with Gasteiger partial charge in [-0.05, 0) is 25.1 Å². The number of anilines is 1. The molecule has 2 aromatic heterocycles. The maximum absolute atomic E-state index is 5.89.